The molecule has 0 amide bonds. The molecule has 0 spiro atoms. The van der Waals surface area contributed by atoms with Crippen LogP contribution in [-0.4, -0.2) is 37.5 Å². The number of aromatic nitrogens is 1. The fourth-order valence-corrected chi connectivity index (χ4v) is 3.32. The van der Waals surface area contributed by atoms with Crippen molar-refractivity contribution in [3.05, 3.63) is 33.2 Å². The number of hydrogen-bond acceptors (Lipinski definition) is 8. The van der Waals surface area contributed by atoms with Gasteiger partial charge in [0.1, 0.15) is 0 Å². The Kier molecular flexibility index (Phi) is 8.53. The second-order valence-corrected chi connectivity index (χ2v) is 7.09. The van der Waals surface area contributed by atoms with Crippen LogP contribution in [0.3, 0.4) is 0 Å². The third kappa shape index (κ3) is 6.51. The summed E-state index contributed by atoms with van der Waals surface area (Å²) in [6, 6.07) is 3.78. The fraction of sp³-hybridized carbons (Fsp3) is 0.389. The lowest BCUT2D eigenvalue weighted by atomic mass is 10.2. The molecule has 0 saturated heterocycles. The summed E-state index contributed by atoms with van der Waals surface area (Å²) in [6.45, 7) is 5.13. The van der Waals surface area contributed by atoms with Crippen molar-refractivity contribution < 1.29 is 19.0 Å². The molecule has 1 aromatic heterocycles. The summed E-state index contributed by atoms with van der Waals surface area (Å²) in [7, 11) is 1.35. The first-order valence-corrected chi connectivity index (χ1v) is 10.1. The summed E-state index contributed by atoms with van der Waals surface area (Å²) in [4.78, 5) is 15.5. The van der Waals surface area contributed by atoms with Crippen LogP contribution in [0.2, 0.25) is 0 Å². The van der Waals surface area contributed by atoms with Crippen LogP contribution in [0.1, 0.15) is 31.5 Å². The van der Waals surface area contributed by atoms with Gasteiger partial charge in [-0.05, 0) is 47.0 Å². The SMILES string of the molecule is CCCOc1c(Br)cc(/C=N\Nc2nc(CC(=O)OC)cs2)cc1OCC. The maximum Gasteiger partial charge on any atom is 0.311 e. The van der Waals surface area contributed by atoms with Crippen molar-refractivity contribution >= 4 is 44.6 Å². The third-order valence-electron chi connectivity index (χ3n) is 3.26. The van der Waals surface area contributed by atoms with Crippen LogP contribution in [0.5, 0.6) is 11.5 Å². The lowest BCUT2D eigenvalue weighted by Gasteiger charge is -2.14. The number of esters is 1. The van der Waals surface area contributed by atoms with Crippen LogP contribution < -0.4 is 14.9 Å². The number of nitrogens with zero attached hydrogens (tertiary/aromatic N) is 2. The number of nitrogens with one attached hydrogen (secondary N) is 1. The Labute approximate surface area is 170 Å². The highest BCUT2D eigenvalue weighted by molar-refractivity contribution is 9.10. The van der Waals surface area contributed by atoms with Gasteiger partial charge in [0, 0.05) is 5.38 Å². The number of anilines is 1. The zero-order valence-corrected chi connectivity index (χ0v) is 17.9. The molecule has 146 valence electrons. The molecular weight excluding hydrogens is 434 g/mol. The average molecular weight is 456 g/mol. The van der Waals surface area contributed by atoms with Crippen LogP contribution in [0.25, 0.3) is 0 Å². The summed E-state index contributed by atoms with van der Waals surface area (Å²) in [6.07, 6.45) is 2.72. The molecule has 9 heteroatoms. The molecular formula is C18H22BrN3O4S. The van der Waals surface area contributed by atoms with Crippen LogP contribution >= 0.6 is 27.3 Å². The predicted molar refractivity (Wildman–Crippen MR) is 110 cm³/mol. The Morgan fingerprint density at radius 3 is 2.89 bits per heavy atom. The van der Waals surface area contributed by atoms with Gasteiger partial charge in [0.15, 0.2) is 11.5 Å². The van der Waals surface area contributed by atoms with Gasteiger partial charge in [0.25, 0.3) is 0 Å². The summed E-state index contributed by atoms with van der Waals surface area (Å²) >= 11 is 4.89. The Morgan fingerprint density at radius 1 is 1.37 bits per heavy atom. The zero-order valence-electron chi connectivity index (χ0n) is 15.5. The molecule has 0 radical (unpaired) electrons. The summed E-state index contributed by atoms with van der Waals surface area (Å²) < 4.78 is 16.9. The molecule has 0 fully saturated rings. The van der Waals surface area contributed by atoms with Crippen molar-refractivity contribution in [3.63, 3.8) is 0 Å². The van der Waals surface area contributed by atoms with E-state index in [1.54, 1.807) is 11.6 Å². The molecule has 0 aliphatic heterocycles. The quantitative estimate of drug-likeness (QED) is 0.327. The maximum atomic E-state index is 11.3. The van der Waals surface area contributed by atoms with Crippen LogP contribution in [-0.2, 0) is 16.0 Å². The van der Waals surface area contributed by atoms with Crippen LogP contribution in [0.15, 0.2) is 27.1 Å². The van der Waals surface area contributed by atoms with Crippen molar-refractivity contribution in [1.29, 1.82) is 0 Å². The lowest BCUT2D eigenvalue weighted by Crippen LogP contribution is -2.04. The Bertz CT molecular complexity index is 795. The van der Waals surface area contributed by atoms with Crippen molar-refractivity contribution in [1.82, 2.24) is 4.98 Å². The number of hydrogen-bond donors (Lipinski definition) is 1. The first-order chi connectivity index (χ1) is 13.1. The number of thiazole rings is 1. The van der Waals surface area contributed by atoms with Crippen LogP contribution in [0, 0.1) is 0 Å². The van der Waals surface area contributed by atoms with E-state index in [-0.39, 0.29) is 12.4 Å². The number of carbonyl (C=O) groups excluding carboxylic acids is 1. The Hall–Kier alpha value is -2.13. The minimum absolute atomic E-state index is 0.141. The monoisotopic (exact) mass is 455 g/mol. The molecule has 7 nitrogen and oxygen atoms in total. The molecule has 0 aliphatic rings. The highest BCUT2D eigenvalue weighted by Gasteiger charge is 2.12. The number of halogens is 1. The minimum atomic E-state index is -0.325. The van der Waals surface area contributed by atoms with Gasteiger partial charge >= 0.3 is 5.97 Å². The second-order valence-electron chi connectivity index (χ2n) is 5.38. The van der Waals surface area contributed by atoms with E-state index in [1.807, 2.05) is 19.1 Å². The Morgan fingerprint density at radius 2 is 2.19 bits per heavy atom. The highest BCUT2D eigenvalue weighted by Crippen LogP contribution is 2.36. The number of benzene rings is 1. The van der Waals surface area contributed by atoms with Crippen molar-refractivity contribution in [2.45, 2.75) is 26.7 Å². The molecule has 1 aromatic carbocycles. The number of ether oxygens (including phenoxy) is 3. The molecule has 0 atom stereocenters. The van der Waals surface area contributed by atoms with Gasteiger partial charge in [0.05, 0.1) is 43.1 Å². The van der Waals surface area contributed by atoms with Gasteiger partial charge in [0.2, 0.25) is 5.13 Å². The fourth-order valence-electron chi connectivity index (χ4n) is 2.09. The molecule has 0 aliphatic carbocycles. The van der Waals surface area contributed by atoms with E-state index in [4.69, 9.17) is 9.47 Å². The standard InChI is InChI=1S/C18H22BrN3O4S/c1-4-6-26-17-14(19)7-12(8-15(17)25-5-2)10-20-22-18-21-13(11-27-18)9-16(23)24-3/h7-8,10-11H,4-6,9H2,1-3H3,(H,21,22)/b20-10-. The molecule has 0 saturated carbocycles. The van der Waals surface area contributed by atoms with E-state index in [2.05, 4.69) is 43.1 Å². The first-order valence-electron chi connectivity index (χ1n) is 8.46. The van der Waals surface area contributed by atoms with Crippen molar-refractivity contribution in [2.24, 2.45) is 5.10 Å². The molecule has 0 unspecified atom stereocenters. The summed E-state index contributed by atoms with van der Waals surface area (Å²) in [5.41, 5.74) is 4.34. The Balaban J connectivity index is 2.06. The number of hydrazone groups is 1. The number of methoxy groups -OCH3 is 1. The topological polar surface area (TPSA) is 82.0 Å². The minimum Gasteiger partial charge on any atom is -0.490 e. The molecule has 1 N–H and O–H groups in total. The van der Waals surface area contributed by atoms with Gasteiger partial charge in [-0.1, -0.05) is 6.92 Å². The third-order valence-corrected chi connectivity index (χ3v) is 4.65. The van der Waals surface area contributed by atoms with Crippen molar-refractivity contribution in [3.8, 4) is 11.5 Å². The highest BCUT2D eigenvalue weighted by atomic mass is 79.9. The summed E-state index contributed by atoms with van der Waals surface area (Å²) in [5, 5.41) is 6.58. The average Bonchev–Trinajstić information content (AvgIpc) is 3.08. The molecule has 2 aromatic rings. The first kappa shape index (κ1) is 21.2. The number of carbonyl (C=O) groups is 1. The van der Waals surface area contributed by atoms with Gasteiger partial charge in [-0.25, -0.2) is 4.98 Å². The normalized spacial score (nSPS) is 10.8. The van der Waals surface area contributed by atoms with E-state index in [0.29, 0.717) is 35.5 Å². The lowest BCUT2D eigenvalue weighted by molar-refractivity contribution is -0.139. The second kappa shape index (κ2) is 10.9. The molecule has 0 bridgehead atoms. The van der Waals surface area contributed by atoms with Gasteiger partial charge in [-0.3, -0.25) is 10.2 Å². The van der Waals surface area contributed by atoms with Crippen LogP contribution in [0.4, 0.5) is 5.13 Å². The van der Waals surface area contributed by atoms with Crippen molar-refractivity contribution in [2.75, 3.05) is 25.7 Å². The van der Waals surface area contributed by atoms with E-state index in [1.165, 1.54) is 18.4 Å². The maximum absolute atomic E-state index is 11.3. The zero-order chi connectivity index (χ0) is 19.6. The van der Waals surface area contributed by atoms with Gasteiger partial charge in [-0.2, -0.15) is 5.10 Å². The molecule has 27 heavy (non-hydrogen) atoms. The predicted octanol–water partition coefficient (Wildman–Crippen LogP) is 4.25. The van der Waals surface area contributed by atoms with Gasteiger partial charge < -0.3 is 14.2 Å². The smallest absolute Gasteiger partial charge is 0.311 e. The van der Waals surface area contributed by atoms with E-state index in [0.717, 1.165) is 16.5 Å². The van der Waals surface area contributed by atoms with Gasteiger partial charge in [-0.15, -0.1) is 11.3 Å². The molecule has 2 rings (SSSR count). The number of rotatable bonds is 10. The summed E-state index contributed by atoms with van der Waals surface area (Å²) in [5.74, 6) is 1.03. The largest absolute Gasteiger partial charge is 0.490 e. The van der Waals surface area contributed by atoms with E-state index in [9.17, 15) is 4.79 Å². The molecule has 1 heterocycles. The van der Waals surface area contributed by atoms with E-state index < -0.39 is 0 Å². The van der Waals surface area contributed by atoms with E-state index >= 15 is 0 Å².